The van der Waals surface area contributed by atoms with E-state index in [1.807, 2.05) is 0 Å². The second-order valence-corrected chi connectivity index (χ2v) is 3.81. The normalized spacial score (nSPS) is 9.20. The van der Waals surface area contributed by atoms with Gasteiger partial charge in [-0.15, -0.1) is 0 Å². The highest BCUT2D eigenvalue weighted by Crippen LogP contribution is 2.46. The molecule has 0 N–H and O–H groups in total. The molecular weight excluding hydrogens is 283 g/mol. The van der Waals surface area contributed by atoms with Gasteiger partial charge in [-0.25, -0.2) is 9.24 Å². The largest absolute Gasteiger partial charge is 0.499 e. The quantitative estimate of drug-likeness (QED) is 0.587. The van der Waals surface area contributed by atoms with Crippen LogP contribution in [-0.4, -0.2) is 13.2 Å². The van der Waals surface area contributed by atoms with Crippen molar-refractivity contribution in [1.29, 1.82) is 5.26 Å². The summed E-state index contributed by atoms with van der Waals surface area (Å²) in [5, 5.41) is 8.87. The average Bonchev–Trinajstić information content (AvgIpc) is 2.45. The SMILES string of the molecule is [C-]#[N+]c1c(F)c(C#N)c(OCC=C)c(Cl)c1OCC=C. The van der Waals surface area contributed by atoms with E-state index in [-0.39, 0.29) is 29.7 Å². The molecule has 0 fully saturated rings. The number of halogens is 2. The van der Waals surface area contributed by atoms with E-state index in [9.17, 15) is 4.39 Å². The molecule has 102 valence electrons. The zero-order valence-corrected chi connectivity index (χ0v) is 11.2. The highest BCUT2D eigenvalue weighted by Gasteiger charge is 2.26. The second-order valence-electron chi connectivity index (χ2n) is 3.43. The second kappa shape index (κ2) is 7.18. The van der Waals surface area contributed by atoms with Gasteiger partial charge in [0.15, 0.2) is 17.3 Å². The molecule has 1 rings (SSSR count). The van der Waals surface area contributed by atoms with Crippen LogP contribution in [0.5, 0.6) is 11.5 Å². The first-order valence-electron chi connectivity index (χ1n) is 5.42. The highest BCUT2D eigenvalue weighted by atomic mass is 35.5. The van der Waals surface area contributed by atoms with Crippen LogP contribution in [-0.2, 0) is 0 Å². The van der Waals surface area contributed by atoms with E-state index in [1.165, 1.54) is 12.2 Å². The van der Waals surface area contributed by atoms with Gasteiger partial charge in [-0.1, -0.05) is 36.9 Å². The van der Waals surface area contributed by atoms with Gasteiger partial charge in [-0.3, -0.25) is 0 Å². The summed E-state index contributed by atoms with van der Waals surface area (Å²) in [5.74, 6) is -1.36. The maximum absolute atomic E-state index is 14.1. The van der Waals surface area contributed by atoms with Crippen LogP contribution in [0.1, 0.15) is 5.56 Å². The molecule has 0 aliphatic heterocycles. The van der Waals surface area contributed by atoms with Crippen molar-refractivity contribution in [3.05, 3.63) is 53.1 Å². The fourth-order valence-corrected chi connectivity index (χ4v) is 1.68. The molecule has 0 radical (unpaired) electrons. The van der Waals surface area contributed by atoms with Gasteiger partial charge in [0.2, 0.25) is 0 Å². The number of rotatable bonds is 6. The van der Waals surface area contributed by atoms with Crippen molar-refractivity contribution in [2.45, 2.75) is 0 Å². The molecule has 0 aliphatic carbocycles. The van der Waals surface area contributed by atoms with Gasteiger partial charge >= 0.3 is 0 Å². The lowest BCUT2D eigenvalue weighted by atomic mass is 10.1. The topological polar surface area (TPSA) is 46.6 Å². The summed E-state index contributed by atoms with van der Waals surface area (Å²) in [5.41, 5.74) is -0.895. The van der Waals surface area contributed by atoms with Crippen molar-refractivity contribution in [2.75, 3.05) is 13.2 Å². The summed E-state index contributed by atoms with van der Waals surface area (Å²) in [7, 11) is 0. The first-order chi connectivity index (χ1) is 9.62. The summed E-state index contributed by atoms with van der Waals surface area (Å²) >= 11 is 6.04. The summed E-state index contributed by atoms with van der Waals surface area (Å²) in [6.07, 6.45) is 2.84. The summed E-state index contributed by atoms with van der Waals surface area (Å²) in [6, 6.07) is 1.63. The van der Waals surface area contributed by atoms with Crippen LogP contribution >= 0.6 is 11.6 Å². The average molecular weight is 293 g/mol. The minimum Gasteiger partial charge on any atom is -0.499 e. The molecule has 1 aromatic rings. The standard InChI is InChI=1S/C14H10ClFN2O2/c1-4-6-19-13-9(8-17)11(16)12(18-3)14(10(13)15)20-7-5-2/h4-5H,1-2,6-7H2. The monoisotopic (exact) mass is 292 g/mol. The zero-order valence-electron chi connectivity index (χ0n) is 10.4. The molecule has 0 saturated carbocycles. The number of hydrogen-bond acceptors (Lipinski definition) is 3. The van der Waals surface area contributed by atoms with E-state index < -0.39 is 17.1 Å². The first-order valence-corrected chi connectivity index (χ1v) is 5.80. The first kappa shape index (κ1) is 15.6. The van der Waals surface area contributed by atoms with Crippen molar-refractivity contribution >= 4 is 17.3 Å². The molecule has 1 aromatic carbocycles. The minimum absolute atomic E-state index is 0.0338. The lowest BCUT2D eigenvalue weighted by Crippen LogP contribution is -2.03. The Kier molecular flexibility index (Phi) is 5.58. The summed E-state index contributed by atoms with van der Waals surface area (Å²) in [6.45, 7) is 14.0. The Labute approximate surface area is 121 Å². The molecule has 0 saturated heterocycles. The van der Waals surface area contributed by atoms with Crippen LogP contribution < -0.4 is 9.47 Å². The fraction of sp³-hybridized carbons (Fsp3) is 0.143. The van der Waals surface area contributed by atoms with Gasteiger partial charge in [0.05, 0.1) is 6.57 Å². The molecule has 0 atom stereocenters. The maximum Gasteiger partial charge on any atom is 0.266 e. The van der Waals surface area contributed by atoms with Gasteiger partial charge in [-0.2, -0.15) is 5.26 Å². The smallest absolute Gasteiger partial charge is 0.266 e. The number of nitrogens with zero attached hydrogens (tertiary/aromatic N) is 2. The van der Waals surface area contributed by atoms with Crippen molar-refractivity contribution in [3.8, 4) is 17.6 Å². The molecular formula is C14H10ClFN2O2. The Morgan fingerprint density at radius 2 is 1.85 bits per heavy atom. The number of nitriles is 1. The lowest BCUT2D eigenvalue weighted by Gasteiger charge is -2.15. The molecule has 0 spiro atoms. The fourth-order valence-electron chi connectivity index (χ4n) is 1.39. The molecule has 20 heavy (non-hydrogen) atoms. The summed E-state index contributed by atoms with van der Waals surface area (Å²) < 4.78 is 24.5. The van der Waals surface area contributed by atoms with Gasteiger partial charge in [-0.05, 0) is 0 Å². The van der Waals surface area contributed by atoms with E-state index in [2.05, 4.69) is 18.0 Å². The molecule has 6 heteroatoms. The third-order valence-corrected chi connectivity index (χ3v) is 2.53. The van der Waals surface area contributed by atoms with Gasteiger partial charge in [0.25, 0.3) is 5.69 Å². The van der Waals surface area contributed by atoms with Crippen molar-refractivity contribution in [3.63, 3.8) is 0 Å². The Hall–Kier alpha value is -2.50. The number of hydrogen-bond donors (Lipinski definition) is 0. The Morgan fingerprint density at radius 1 is 1.30 bits per heavy atom. The minimum atomic E-state index is -1.02. The van der Waals surface area contributed by atoms with Crippen LogP contribution in [0.25, 0.3) is 4.85 Å². The van der Waals surface area contributed by atoms with E-state index in [0.717, 1.165) is 0 Å². The third-order valence-electron chi connectivity index (χ3n) is 2.18. The van der Waals surface area contributed by atoms with Gasteiger partial charge < -0.3 is 9.47 Å². The van der Waals surface area contributed by atoms with Gasteiger partial charge in [0.1, 0.15) is 29.9 Å². The van der Waals surface area contributed by atoms with E-state index in [0.29, 0.717) is 0 Å². The molecule has 0 bridgehead atoms. The predicted molar refractivity (Wildman–Crippen MR) is 73.8 cm³/mol. The Morgan fingerprint density at radius 3 is 2.30 bits per heavy atom. The molecule has 0 heterocycles. The zero-order chi connectivity index (χ0) is 15.1. The van der Waals surface area contributed by atoms with Crippen LogP contribution in [0.4, 0.5) is 10.1 Å². The van der Waals surface area contributed by atoms with E-state index in [1.54, 1.807) is 6.07 Å². The lowest BCUT2D eigenvalue weighted by molar-refractivity contribution is 0.342. The molecule has 4 nitrogen and oxygen atoms in total. The molecule has 0 unspecified atom stereocenters. The van der Waals surface area contributed by atoms with Crippen LogP contribution in [0, 0.1) is 23.7 Å². The molecule has 0 amide bonds. The third kappa shape index (κ3) is 2.90. The number of benzene rings is 1. The maximum atomic E-state index is 14.1. The van der Waals surface area contributed by atoms with Crippen LogP contribution in [0.3, 0.4) is 0 Å². The Bertz CT molecular complexity index is 579. The number of ether oxygens (including phenoxy) is 2. The molecule has 0 aromatic heterocycles. The van der Waals surface area contributed by atoms with E-state index >= 15 is 0 Å². The summed E-state index contributed by atoms with van der Waals surface area (Å²) in [4.78, 5) is 3.02. The van der Waals surface area contributed by atoms with E-state index in [4.69, 9.17) is 32.9 Å². The van der Waals surface area contributed by atoms with Crippen molar-refractivity contribution in [1.82, 2.24) is 0 Å². The van der Waals surface area contributed by atoms with Crippen molar-refractivity contribution < 1.29 is 13.9 Å². The van der Waals surface area contributed by atoms with Crippen LogP contribution in [0.2, 0.25) is 5.02 Å². The predicted octanol–water partition coefficient (Wildman–Crippen LogP) is 4.03. The Balaban J connectivity index is 3.55. The highest BCUT2D eigenvalue weighted by molar-refractivity contribution is 6.34. The molecule has 0 aliphatic rings. The van der Waals surface area contributed by atoms with Crippen molar-refractivity contribution in [2.24, 2.45) is 0 Å². The van der Waals surface area contributed by atoms with Crippen LogP contribution in [0.15, 0.2) is 25.3 Å². The van der Waals surface area contributed by atoms with Gasteiger partial charge in [0, 0.05) is 0 Å².